The molecule has 0 saturated carbocycles. The maximum atomic E-state index is 9.73. The first-order valence-electron chi connectivity index (χ1n) is 2.10. The highest BCUT2D eigenvalue weighted by Crippen LogP contribution is 1.85. The number of aliphatic hydroxyl groups excluding tert-OH is 1. The minimum absolute atomic E-state index is 0.244. The molecule has 0 aliphatic rings. The molecular formula is C5H7O3. The molecule has 0 aliphatic carbocycles. The monoisotopic (exact) mass is 115 g/mol. The summed E-state index contributed by atoms with van der Waals surface area (Å²) in [5, 5.41) is 16.2. The Labute approximate surface area is 47.3 Å². The second-order valence-electron chi connectivity index (χ2n) is 1.37. The van der Waals surface area contributed by atoms with Gasteiger partial charge in [-0.2, -0.15) is 0 Å². The van der Waals surface area contributed by atoms with E-state index < -0.39 is 5.97 Å². The van der Waals surface area contributed by atoms with Gasteiger partial charge in [0.15, 0.2) is 0 Å². The molecule has 8 heavy (non-hydrogen) atoms. The molecule has 45 valence electrons. The van der Waals surface area contributed by atoms with Crippen molar-refractivity contribution in [2.24, 2.45) is 0 Å². The Balaban J connectivity index is 3.75. The topological polar surface area (TPSA) is 57.5 Å². The van der Waals surface area contributed by atoms with Crippen LogP contribution in [-0.2, 0) is 4.79 Å². The molecule has 0 aromatic carbocycles. The van der Waals surface area contributed by atoms with Crippen LogP contribution in [0.25, 0.3) is 0 Å². The molecule has 0 aromatic heterocycles. The fourth-order valence-electron chi connectivity index (χ4n) is 0.222. The smallest absolute Gasteiger partial charge is 0.336 e. The lowest BCUT2D eigenvalue weighted by molar-refractivity contribution is -0.132. The zero-order chi connectivity index (χ0) is 6.57. The molecule has 0 amide bonds. The van der Waals surface area contributed by atoms with E-state index in [1.807, 2.05) is 6.08 Å². The van der Waals surface area contributed by atoms with Crippen molar-refractivity contribution in [2.45, 2.75) is 6.92 Å². The number of rotatable bonds is 2. The van der Waals surface area contributed by atoms with Crippen LogP contribution in [0.1, 0.15) is 6.92 Å². The number of carboxylic acids is 1. The van der Waals surface area contributed by atoms with E-state index in [0.717, 1.165) is 0 Å². The minimum atomic E-state index is -1.14. The summed E-state index contributed by atoms with van der Waals surface area (Å²) in [6, 6.07) is 0. The number of hydrogen-bond donors (Lipinski definition) is 2. The molecular weight excluding hydrogens is 108 g/mol. The maximum Gasteiger partial charge on any atom is 0.336 e. The third kappa shape index (κ3) is 3.36. The highest BCUT2D eigenvalue weighted by Gasteiger charge is 1.90. The molecule has 0 fully saturated rings. The predicted molar refractivity (Wildman–Crippen MR) is 27.2 cm³/mol. The van der Waals surface area contributed by atoms with Crippen LogP contribution in [0.5, 0.6) is 0 Å². The quantitative estimate of drug-likeness (QED) is 0.490. The average molecular weight is 115 g/mol. The van der Waals surface area contributed by atoms with Crippen molar-refractivity contribution in [3.05, 3.63) is 11.6 Å². The van der Waals surface area contributed by atoms with Crippen LogP contribution < -0.4 is 0 Å². The van der Waals surface area contributed by atoms with E-state index in [9.17, 15) is 4.79 Å². The van der Waals surface area contributed by atoms with Crippen molar-refractivity contribution in [3.8, 4) is 0 Å². The third-order valence-corrected chi connectivity index (χ3v) is 0.557. The summed E-state index contributed by atoms with van der Waals surface area (Å²) in [6.45, 7) is 1.25. The Hall–Kier alpha value is -0.830. The molecule has 0 bridgehead atoms. The van der Waals surface area contributed by atoms with Crippen LogP contribution in [0.4, 0.5) is 0 Å². The zero-order valence-electron chi connectivity index (χ0n) is 4.51. The van der Waals surface area contributed by atoms with Gasteiger partial charge in [0, 0.05) is 0 Å². The predicted octanol–water partition coefficient (Wildman–Crippen LogP) is -0.187. The first-order valence-corrected chi connectivity index (χ1v) is 2.10. The first kappa shape index (κ1) is 7.17. The van der Waals surface area contributed by atoms with Crippen molar-refractivity contribution in [1.82, 2.24) is 0 Å². The van der Waals surface area contributed by atoms with Crippen molar-refractivity contribution in [1.29, 1.82) is 0 Å². The maximum absolute atomic E-state index is 9.73. The summed E-state index contributed by atoms with van der Waals surface area (Å²) in [5.74, 6) is -1.14. The standard InChI is InChI=1S/C5H7O3/c1-4(3-6)2-5(7)8/h6H,3H2,1H3,(H,7,8). The van der Waals surface area contributed by atoms with Crippen LogP contribution in [0, 0.1) is 6.08 Å². The summed E-state index contributed by atoms with van der Waals surface area (Å²) in [6.07, 6.45) is 1.98. The van der Waals surface area contributed by atoms with E-state index in [2.05, 4.69) is 0 Å². The Kier molecular flexibility index (Phi) is 2.88. The lowest BCUT2D eigenvalue weighted by Gasteiger charge is -1.86. The van der Waals surface area contributed by atoms with Gasteiger partial charge in [-0.3, -0.25) is 0 Å². The zero-order valence-corrected chi connectivity index (χ0v) is 4.51. The summed E-state index contributed by atoms with van der Waals surface area (Å²) in [7, 11) is 0. The Morgan fingerprint density at radius 3 is 2.38 bits per heavy atom. The molecule has 0 unspecified atom stereocenters. The molecule has 0 heterocycles. The molecule has 1 radical (unpaired) electrons. The van der Waals surface area contributed by atoms with Crippen molar-refractivity contribution >= 4 is 5.97 Å². The second kappa shape index (κ2) is 3.21. The van der Waals surface area contributed by atoms with Gasteiger partial charge in [-0.25, -0.2) is 4.79 Å². The van der Waals surface area contributed by atoms with E-state index >= 15 is 0 Å². The normalized spacial score (nSPS) is 11.5. The number of carbonyl (C=O) groups is 1. The summed E-state index contributed by atoms with van der Waals surface area (Å²) in [5.41, 5.74) is 0.331. The highest BCUT2D eigenvalue weighted by atomic mass is 16.4. The summed E-state index contributed by atoms with van der Waals surface area (Å²) < 4.78 is 0. The van der Waals surface area contributed by atoms with E-state index in [1.54, 1.807) is 0 Å². The number of aliphatic hydroxyl groups is 1. The molecule has 0 aliphatic heterocycles. The van der Waals surface area contributed by atoms with Crippen LogP contribution in [0.3, 0.4) is 0 Å². The number of hydrogen-bond acceptors (Lipinski definition) is 2. The molecule has 3 heteroatoms. The van der Waals surface area contributed by atoms with Gasteiger partial charge >= 0.3 is 5.97 Å². The molecule has 0 spiro atoms. The first-order chi connectivity index (χ1) is 3.66. The van der Waals surface area contributed by atoms with Gasteiger partial charge < -0.3 is 10.2 Å². The van der Waals surface area contributed by atoms with Gasteiger partial charge in [0.1, 0.15) is 0 Å². The Morgan fingerprint density at radius 1 is 1.75 bits per heavy atom. The second-order valence-corrected chi connectivity index (χ2v) is 1.37. The lowest BCUT2D eigenvalue weighted by Crippen LogP contribution is -1.93. The third-order valence-electron chi connectivity index (χ3n) is 0.557. The van der Waals surface area contributed by atoms with E-state index in [-0.39, 0.29) is 6.61 Å². The van der Waals surface area contributed by atoms with Gasteiger partial charge in [0.05, 0.1) is 12.7 Å². The fraction of sp³-hybridized carbons (Fsp3) is 0.400. The Morgan fingerprint density at radius 2 is 2.25 bits per heavy atom. The molecule has 0 rings (SSSR count). The minimum Gasteiger partial charge on any atom is -0.478 e. The largest absolute Gasteiger partial charge is 0.478 e. The SMILES string of the molecule is CC(=[C]C(=O)O)CO. The van der Waals surface area contributed by atoms with E-state index in [4.69, 9.17) is 10.2 Å². The average Bonchev–Trinajstić information content (AvgIpc) is 1.65. The number of aliphatic carboxylic acids is 1. The lowest BCUT2D eigenvalue weighted by atomic mass is 10.3. The van der Waals surface area contributed by atoms with Gasteiger partial charge in [-0.05, 0) is 12.5 Å². The van der Waals surface area contributed by atoms with Crippen LogP contribution >= 0.6 is 0 Å². The fourth-order valence-corrected chi connectivity index (χ4v) is 0.222. The van der Waals surface area contributed by atoms with E-state index in [0.29, 0.717) is 5.57 Å². The summed E-state index contributed by atoms with van der Waals surface area (Å²) >= 11 is 0. The summed E-state index contributed by atoms with van der Waals surface area (Å²) in [4.78, 5) is 9.73. The molecule has 3 nitrogen and oxygen atoms in total. The van der Waals surface area contributed by atoms with Gasteiger partial charge in [-0.1, -0.05) is 0 Å². The van der Waals surface area contributed by atoms with Crippen LogP contribution in [0.15, 0.2) is 5.57 Å². The molecule has 0 aromatic rings. The van der Waals surface area contributed by atoms with E-state index in [1.165, 1.54) is 6.92 Å². The highest BCUT2D eigenvalue weighted by molar-refractivity contribution is 5.75. The van der Waals surface area contributed by atoms with Crippen molar-refractivity contribution in [2.75, 3.05) is 6.61 Å². The molecule has 2 N–H and O–H groups in total. The molecule has 0 saturated heterocycles. The van der Waals surface area contributed by atoms with Gasteiger partial charge in [-0.15, -0.1) is 0 Å². The van der Waals surface area contributed by atoms with Crippen molar-refractivity contribution < 1.29 is 15.0 Å². The Bertz CT molecular complexity index is 115. The molecule has 0 atom stereocenters. The number of carboxylic acid groups (broad SMARTS) is 1. The van der Waals surface area contributed by atoms with Crippen LogP contribution in [-0.4, -0.2) is 22.8 Å². The van der Waals surface area contributed by atoms with Crippen molar-refractivity contribution in [3.63, 3.8) is 0 Å². The van der Waals surface area contributed by atoms with Gasteiger partial charge in [0.2, 0.25) is 0 Å². The van der Waals surface area contributed by atoms with Gasteiger partial charge in [0.25, 0.3) is 0 Å². The van der Waals surface area contributed by atoms with Crippen LogP contribution in [0.2, 0.25) is 0 Å².